The fourth-order valence-corrected chi connectivity index (χ4v) is 6.70. The number of allylic oxidation sites excluding steroid dienone is 1. The number of fused-ring (bicyclic) bond motifs is 1. The summed E-state index contributed by atoms with van der Waals surface area (Å²) in [5, 5.41) is 0. The third kappa shape index (κ3) is 4.65. The Bertz CT molecular complexity index is 1440. The van der Waals surface area contributed by atoms with Gasteiger partial charge in [-0.15, -0.1) is 0 Å². The molecule has 3 aromatic rings. The number of hydrogen-bond donors (Lipinski definition) is 0. The molecule has 1 aliphatic heterocycles. The van der Waals surface area contributed by atoms with Crippen LogP contribution in [0.3, 0.4) is 0 Å². The molecule has 0 aliphatic carbocycles. The van der Waals surface area contributed by atoms with Crippen molar-refractivity contribution in [2.45, 2.75) is 26.3 Å². The maximum absolute atomic E-state index is 13.7. The van der Waals surface area contributed by atoms with Crippen LogP contribution in [-0.2, 0) is 9.53 Å². The van der Waals surface area contributed by atoms with E-state index in [-0.39, 0.29) is 5.56 Å². The van der Waals surface area contributed by atoms with Gasteiger partial charge in [0.1, 0.15) is 5.75 Å². The number of halogens is 2. The van der Waals surface area contributed by atoms with Crippen molar-refractivity contribution in [3.05, 3.63) is 92.6 Å². The number of nitrogens with zero attached hydrogens (tertiary/aromatic N) is 2. The number of aromatic nitrogens is 1. The van der Waals surface area contributed by atoms with Crippen LogP contribution in [-0.4, -0.2) is 24.3 Å². The SMILES string of the molecule is CCOc1c(Br)cc(/C=c2\sc3n(c2=O)[C@H](c2ccccc2)C(C(=O)OC)=C(CC)N=3)cc1I. The summed E-state index contributed by atoms with van der Waals surface area (Å²) in [5.41, 5.74) is 2.52. The van der Waals surface area contributed by atoms with Crippen LogP contribution in [0.15, 0.2) is 68.0 Å². The lowest BCUT2D eigenvalue weighted by Gasteiger charge is -2.25. The summed E-state index contributed by atoms with van der Waals surface area (Å²) in [6, 6.07) is 12.8. The van der Waals surface area contributed by atoms with Gasteiger partial charge in [-0.25, -0.2) is 9.79 Å². The van der Waals surface area contributed by atoms with Crippen LogP contribution in [0.4, 0.5) is 0 Å². The average molecular weight is 653 g/mol. The molecule has 34 heavy (non-hydrogen) atoms. The first-order chi connectivity index (χ1) is 16.4. The van der Waals surface area contributed by atoms with Crippen molar-refractivity contribution in [2.75, 3.05) is 13.7 Å². The van der Waals surface area contributed by atoms with Crippen molar-refractivity contribution in [1.82, 2.24) is 4.57 Å². The number of rotatable bonds is 6. The molecule has 6 nitrogen and oxygen atoms in total. The van der Waals surface area contributed by atoms with E-state index in [0.717, 1.165) is 24.9 Å². The highest BCUT2D eigenvalue weighted by Crippen LogP contribution is 2.33. The standard InChI is InChI=1S/C25H22BrIN2O4S/c1-4-18-20(24(31)32-3)21(15-9-7-6-8-10-15)29-23(30)19(34-25(29)28-18)13-14-11-16(26)22(33-5-2)17(27)12-14/h6-13,21H,4-5H2,1-3H3/b19-13-/t21-/m1/s1. The highest BCUT2D eigenvalue weighted by molar-refractivity contribution is 14.1. The lowest BCUT2D eigenvalue weighted by Crippen LogP contribution is -2.40. The van der Waals surface area contributed by atoms with Gasteiger partial charge in [0, 0.05) is 0 Å². The molecular weight excluding hydrogens is 631 g/mol. The first-order valence-electron chi connectivity index (χ1n) is 10.7. The van der Waals surface area contributed by atoms with Gasteiger partial charge in [-0.2, -0.15) is 0 Å². The van der Waals surface area contributed by atoms with Crippen LogP contribution < -0.4 is 19.6 Å². The molecule has 9 heteroatoms. The summed E-state index contributed by atoms with van der Waals surface area (Å²) in [6.07, 6.45) is 2.39. The Hall–Kier alpha value is -2.24. The van der Waals surface area contributed by atoms with Gasteiger partial charge in [-0.1, -0.05) is 48.6 Å². The molecule has 0 saturated heterocycles. The maximum atomic E-state index is 13.7. The number of hydrogen-bond acceptors (Lipinski definition) is 6. The molecule has 0 spiro atoms. The minimum absolute atomic E-state index is 0.200. The summed E-state index contributed by atoms with van der Waals surface area (Å²) < 4.78 is 14.7. The predicted octanol–water partition coefficient (Wildman–Crippen LogP) is 4.56. The van der Waals surface area contributed by atoms with Gasteiger partial charge in [0.15, 0.2) is 4.80 Å². The third-order valence-electron chi connectivity index (χ3n) is 5.37. The third-order valence-corrected chi connectivity index (χ3v) is 7.75. The second-order valence-electron chi connectivity index (χ2n) is 7.45. The van der Waals surface area contributed by atoms with Crippen LogP contribution in [0.25, 0.3) is 6.08 Å². The van der Waals surface area contributed by atoms with E-state index in [9.17, 15) is 9.59 Å². The molecule has 176 valence electrons. The molecule has 0 N–H and O–H groups in total. The highest BCUT2D eigenvalue weighted by atomic mass is 127. The number of carbonyl (C=O) groups excluding carboxylic acids is 1. The number of carbonyl (C=O) groups is 1. The normalized spacial score (nSPS) is 15.7. The molecule has 2 heterocycles. The molecule has 2 aromatic carbocycles. The van der Waals surface area contributed by atoms with Gasteiger partial charge in [0.05, 0.1) is 43.6 Å². The van der Waals surface area contributed by atoms with Crippen molar-refractivity contribution < 1.29 is 14.3 Å². The van der Waals surface area contributed by atoms with E-state index in [0.29, 0.717) is 33.6 Å². The van der Waals surface area contributed by atoms with Gasteiger partial charge in [-0.05, 0) is 81.2 Å². The number of thiazole rings is 1. The molecule has 4 rings (SSSR count). The summed E-state index contributed by atoms with van der Waals surface area (Å²) in [4.78, 5) is 31.7. The summed E-state index contributed by atoms with van der Waals surface area (Å²) >= 11 is 7.11. The zero-order chi connectivity index (χ0) is 24.4. The van der Waals surface area contributed by atoms with E-state index in [1.54, 1.807) is 4.57 Å². The van der Waals surface area contributed by atoms with Crippen LogP contribution in [0, 0.1) is 3.57 Å². The maximum Gasteiger partial charge on any atom is 0.338 e. The number of methoxy groups -OCH3 is 1. The minimum atomic E-state index is -0.603. The molecule has 1 aromatic heterocycles. The van der Waals surface area contributed by atoms with E-state index in [4.69, 9.17) is 14.5 Å². The van der Waals surface area contributed by atoms with Crippen LogP contribution in [0.5, 0.6) is 5.75 Å². The lowest BCUT2D eigenvalue weighted by molar-refractivity contribution is -0.136. The molecule has 1 aliphatic rings. The molecule has 0 radical (unpaired) electrons. The second kappa shape index (κ2) is 10.6. The Morgan fingerprint density at radius 3 is 2.62 bits per heavy atom. The van der Waals surface area contributed by atoms with E-state index in [1.165, 1.54) is 18.4 Å². The summed E-state index contributed by atoms with van der Waals surface area (Å²) in [5.74, 6) is 0.301. The Balaban J connectivity index is 1.95. The highest BCUT2D eigenvalue weighted by Gasteiger charge is 2.33. The Labute approximate surface area is 222 Å². The van der Waals surface area contributed by atoms with Gasteiger partial charge in [0.25, 0.3) is 5.56 Å². The fraction of sp³-hybridized carbons (Fsp3) is 0.240. The van der Waals surface area contributed by atoms with Crippen molar-refractivity contribution in [3.8, 4) is 5.75 Å². The molecule has 1 atom stereocenters. The van der Waals surface area contributed by atoms with Crippen molar-refractivity contribution in [3.63, 3.8) is 0 Å². The smallest absolute Gasteiger partial charge is 0.338 e. The average Bonchev–Trinajstić information content (AvgIpc) is 3.14. The van der Waals surface area contributed by atoms with Crippen LogP contribution in [0.2, 0.25) is 0 Å². The van der Waals surface area contributed by atoms with Gasteiger partial charge in [0.2, 0.25) is 0 Å². The monoisotopic (exact) mass is 652 g/mol. The zero-order valence-electron chi connectivity index (χ0n) is 18.8. The summed E-state index contributed by atoms with van der Waals surface area (Å²) in [7, 11) is 1.35. The Morgan fingerprint density at radius 2 is 2.00 bits per heavy atom. The number of benzene rings is 2. The van der Waals surface area contributed by atoms with Gasteiger partial charge < -0.3 is 9.47 Å². The molecule has 0 unspecified atom stereocenters. The lowest BCUT2D eigenvalue weighted by atomic mass is 9.95. The zero-order valence-corrected chi connectivity index (χ0v) is 23.4. The van der Waals surface area contributed by atoms with E-state index in [2.05, 4.69) is 38.5 Å². The molecular formula is C25H22BrIN2O4S. The topological polar surface area (TPSA) is 69.9 Å². The Morgan fingerprint density at radius 1 is 1.26 bits per heavy atom. The summed E-state index contributed by atoms with van der Waals surface area (Å²) in [6.45, 7) is 4.44. The molecule has 0 saturated carbocycles. The molecule has 0 amide bonds. The van der Waals surface area contributed by atoms with Crippen LogP contribution in [0.1, 0.15) is 37.4 Å². The first-order valence-corrected chi connectivity index (χ1v) is 13.4. The predicted molar refractivity (Wildman–Crippen MR) is 145 cm³/mol. The second-order valence-corrected chi connectivity index (χ2v) is 10.5. The minimum Gasteiger partial charge on any atom is -0.492 e. The molecule has 0 fully saturated rings. The van der Waals surface area contributed by atoms with E-state index < -0.39 is 12.0 Å². The largest absolute Gasteiger partial charge is 0.492 e. The number of ether oxygens (including phenoxy) is 2. The Kier molecular flexibility index (Phi) is 7.73. The van der Waals surface area contributed by atoms with Crippen LogP contribution >= 0.6 is 49.9 Å². The fourth-order valence-electron chi connectivity index (χ4n) is 3.91. The van der Waals surface area contributed by atoms with Gasteiger partial charge in [-0.3, -0.25) is 9.36 Å². The van der Waals surface area contributed by atoms with E-state index >= 15 is 0 Å². The van der Waals surface area contributed by atoms with Crippen molar-refractivity contribution in [2.24, 2.45) is 4.99 Å². The van der Waals surface area contributed by atoms with Crippen molar-refractivity contribution >= 4 is 61.9 Å². The molecule has 0 bridgehead atoms. The quantitative estimate of drug-likeness (QED) is 0.289. The first kappa shape index (κ1) is 24.9. The van der Waals surface area contributed by atoms with E-state index in [1.807, 2.05) is 62.4 Å². The number of esters is 1. The van der Waals surface area contributed by atoms with Crippen molar-refractivity contribution in [1.29, 1.82) is 0 Å². The van der Waals surface area contributed by atoms with Gasteiger partial charge >= 0.3 is 5.97 Å².